The van der Waals surface area contributed by atoms with Crippen molar-refractivity contribution >= 4 is 43.0 Å². The molecule has 0 aliphatic carbocycles. The lowest BCUT2D eigenvalue weighted by Gasteiger charge is -2.24. The number of nitrogens with zero attached hydrogens (tertiary/aromatic N) is 1. The van der Waals surface area contributed by atoms with Crippen LogP contribution in [0.25, 0.3) is 0 Å². The zero-order valence-corrected chi connectivity index (χ0v) is 25.1. The van der Waals surface area contributed by atoms with E-state index in [0.29, 0.717) is 18.4 Å². The molecule has 0 spiro atoms. The Bertz CT molecular complexity index is 1830. The number of sulfonamides is 2. The number of anilines is 3. The van der Waals surface area contributed by atoms with Crippen LogP contribution in [-0.4, -0.2) is 35.9 Å². The first-order valence-corrected chi connectivity index (χ1v) is 16.0. The lowest BCUT2D eigenvalue weighted by Crippen LogP contribution is -2.38. The molecule has 0 aromatic heterocycles. The predicted molar refractivity (Wildman–Crippen MR) is 161 cm³/mol. The Balaban J connectivity index is 1.51. The molecular formula is C30H28F3N3O6S2. The Morgan fingerprint density at radius 2 is 1.43 bits per heavy atom. The van der Waals surface area contributed by atoms with E-state index in [4.69, 9.17) is 4.74 Å². The van der Waals surface area contributed by atoms with Crippen molar-refractivity contribution in [3.63, 3.8) is 0 Å². The van der Waals surface area contributed by atoms with E-state index >= 15 is 0 Å². The number of alkyl halides is 3. The Morgan fingerprint density at radius 3 is 2.02 bits per heavy atom. The molecule has 0 fully saturated rings. The van der Waals surface area contributed by atoms with E-state index in [0.717, 1.165) is 34.1 Å². The molecule has 0 heterocycles. The summed E-state index contributed by atoms with van der Waals surface area (Å²) in [5.41, 5.74) is 0.00779. The highest BCUT2D eigenvalue weighted by Crippen LogP contribution is 2.31. The quantitative estimate of drug-likeness (QED) is 0.205. The van der Waals surface area contributed by atoms with E-state index in [2.05, 4.69) is 10.0 Å². The summed E-state index contributed by atoms with van der Waals surface area (Å²) in [5, 5.41) is 2.55. The number of nitrogens with one attached hydrogen (secondary N) is 2. The zero-order valence-electron chi connectivity index (χ0n) is 23.5. The van der Waals surface area contributed by atoms with Gasteiger partial charge in [-0.1, -0.05) is 23.8 Å². The van der Waals surface area contributed by atoms with E-state index in [9.17, 15) is 34.8 Å². The van der Waals surface area contributed by atoms with Gasteiger partial charge in [0.15, 0.2) is 0 Å². The number of benzene rings is 4. The topological polar surface area (TPSA) is 122 Å². The van der Waals surface area contributed by atoms with Gasteiger partial charge >= 0.3 is 6.18 Å². The van der Waals surface area contributed by atoms with Gasteiger partial charge < -0.3 is 10.1 Å². The highest BCUT2D eigenvalue weighted by Gasteiger charge is 2.31. The van der Waals surface area contributed by atoms with E-state index in [-0.39, 0.29) is 26.9 Å². The number of carbonyl (C=O) groups is 1. The van der Waals surface area contributed by atoms with Crippen LogP contribution in [-0.2, 0) is 31.0 Å². The minimum atomic E-state index is -4.65. The van der Waals surface area contributed by atoms with Crippen molar-refractivity contribution in [1.82, 2.24) is 0 Å². The Labute approximate surface area is 253 Å². The van der Waals surface area contributed by atoms with E-state index in [1.807, 2.05) is 6.92 Å². The Morgan fingerprint density at radius 1 is 0.818 bits per heavy atom. The molecule has 0 saturated heterocycles. The zero-order chi connectivity index (χ0) is 32.1. The van der Waals surface area contributed by atoms with E-state index < -0.39 is 44.2 Å². The molecule has 0 unspecified atom stereocenters. The molecule has 0 radical (unpaired) electrons. The maximum absolute atomic E-state index is 13.6. The van der Waals surface area contributed by atoms with Crippen LogP contribution in [0.15, 0.2) is 107 Å². The molecule has 0 saturated carbocycles. The Hall–Kier alpha value is -4.56. The monoisotopic (exact) mass is 647 g/mol. The summed E-state index contributed by atoms with van der Waals surface area (Å²) in [6.45, 7) is 3.43. The molecule has 232 valence electrons. The van der Waals surface area contributed by atoms with Gasteiger partial charge in [-0.3, -0.25) is 13.8 Å². The fourth-order valence-corrected chi connectivity index (χ4v) is 6.52. The molecule has 0 aliphatic rings. The minimum absolute atomic E-state index is 0.0582. The van der Waals surface area contributed by atoms with Crippen LogP contribution in [0.4, 0.5) is 30.2 Å². The molecule has 44 heavy (non-hydrogen) atoms. The van der Waals surface area contributed by atoms with Crippen molar-refractivity contribution in [1.29, 1.82) is 0 Å². The SMILES string of the molecule is CCOc1ccc(S(=O)(=O)N(CC(=O)Nc2ccc(S(=O)(=O)Nc3cccc(C(F)(F)F)c3)cc2)c2ccc(C)cc2)cc1. The van der Waals surface area contributed by atoms with Crippen molar-refractivity contribution in [2.45, 2.75) is 29.8 Å². The van der Waals surface area contributed by atoms with Gasteiger partial charge in [0.05, 0.1) is 27.6 Å². The summed E-state index contributed by atoms with van der Waals surface area (Å²) in [5.74, 6) is -0.223. The minimum Gasteiger partial charge on any atom is -0.494 e. The first-order chi connectivity index (χ1) is 20.7. The van der Waals surface area contributed by atoms with Gasteiger partial charge in [-0.15, -0.1) is 0 Å². The van der Waals surface area contributed by atoms with Gasteiger partial charge in [-0.05, 0) is 92.7 Å². The maximum atomic E-state index is 13.6. The van der Waals surface area contributed by atoms with Crippen LogP contribution in [0.5, 0.6) is 5.75 Å². The first kappa shape index (κ1) is 32.4. The smallest absolute Gasteiger partial charge is 0.416 e. The Kier molecular flexibility index (Phi) is 9.54. The predicted octanol–water partition coefficient (Wildman–Crippen LogP) is 6.05. The molecule has 14 heteroatoms. The third-order valence-corrected chi connectivity index (χ3v) is 9.41. The highest BCUT2D eigenvalue weighted by molar-refractivity contribution is 7.93. The van der Waals surface area contributed by atoms with E-state index in [1.54, 1.807) is 31.2 Å². The third-order valence-electron chi connectivity index (χ3n) is 6.22. The van der Waals surface area contributed by atoms with Gasteiger partial charge in [0.2, 0.25) is 5.91 Å². The van der Waals surface area contributed by atoms with Crippen LogP contribution >= 0.6 is 0 Å². The molecule has 0 bridgehead atoms. The van der Waals surface area contributed by atoms with Gasteiger partial charge in [0, 0.05) is 11.4 Å². The van der Waals surface area contributed by atoms with E-state index in [1.165, 1.54) is 42.5 Å². The fourth-order valence-electron chi connectivity index (χ4n) is 4.05. The highest BCUT2D eigenvalue weighted by atomic mass is 32.2. The molecule has 4 rings (SSSR count). The van der Waals surface area contributed by atoms with Gasteiger partial charge in [0.1, 0.15) is 12.3 Å². The molecule has 1 amide bonds. The second-order valence-corrected chi connectivity index (χ2v) is 13.1. The van der Waals surface area contributed by atoms with Gasteiger partial charge in [0.25, 0.3) is 20.0 Å². The lowest BCUT2D eigenvalue weighted by molar-refractivity contribution is -0.137. The number of hydrogen-bond donors (Lipinski definition) is 2. The molecule has 2 N–H and O–H groups in total. The number of amides is 1. The average molecular weight is 648 g/mol. The van der Waals surface area contributed by atoms with Crippen LogP contribution in [0.1, 0.15) is 18.1 Å². The summed E-state index contributed by atoms with van der Waals surface area (Å²) >= 11 is 0. The number of aryl methyl sites for hydroxylation is 1. The van der Waals surface area contributed by atoms with Crippen LogP contribution < -0.4 is 19.1 Å². The van der Waals surface area contributed by atoms with Crippen LogP contribution in [0.3, 0.4) is 0 Å². The lowest BCUT2D eigenvalue weighted by atomic mass is 10.2. The van der Waals surface area contributed by atoms with Crippen molar-refractivity contribution in [3.8, 4) is 5.75 Å². The van der Waals surface area contributed by atoms with Crippen LogP contribution in [0.2, 0.25) is 0 Å². The molecule has 0 atom stereocenters. The number of rotatable bonds is 11. The summed E-state index contributed by atoms with van der Waals surface area (Å²) in [6.07, 6.45) is -4.65. The molecule has 9 nitrogen and oxygen atoms in total. The van der Waals surface area contributed by atoms with Gasteiger partial charge in [-0.2, -0.15) is 13.2 Å². The summed E-state index contributed by atoms with van der Waals surface area (Å²) in [7, 11) is -8.46. The fraction of sp³-hybridized carbons (Fsp3) is 0.167. The third kappa shape index (κ3) is 7.88. The first-order valence-electron chi connectivity index (χ1n) is 13.1. The van der Waals surface area contributed by atoms with Crippen molar-refractivity contribution < 1.29 is 39.5 Å². The largest absolute Gasteiger partial charge is 0.494 e. The second kappa shape index (κ2) is 13.0. The average Bonchev–Trinajstić information content (AvgIpc) is 2.97. The van der Waals surface area contributed by atoms with Crippen molar-refractivity contribution in [3.05, 3.63) is 108 Å². The van der Waals surface area contributed by atoms with Crippen molar-refractivity contribution in [2.75, 3.05) is 27.5 Å². The second-order valence-electron chi connectivity index (χ2n) is 9.51. The molecular weight excluding hydrogens is 619 g/mol. The number of halogens is 3. The maximum Gasteiger partial charge on any atom is 0.416 e. The molecule has 4 aromatic carbocycles. The summed E-state index contributed by atoms with van der Waals surface area (Å²) in [6, 6.07) is 21.0. The van der Waals surface area contributed by atoms with Gasteiger partial charge in [-0.25, -0.2) is 16.8 Å². The van der Waals surface area contributed by atoms with Crippen LogP contribution in [0, 0.1) is 6.92 Å². The number of carbonyl (C=O) groups excluding carboxylic acids is 1. The normalized spacial score (nSPS) is 11.9. The van der Waals surface area contributed by atoms with Crippen molar-refractivity contribution in [2.24, 2.45) is 0 Å². The molecule has 4 aromatic rings. The standard InChI is InChI=1S/C30H28F3N3O6S2/c1-3-42-26-13-17-28(18-14-26)44(40,41)36(25-11-7-21(2)8-12-25)20-29(37)34-23-9-15-27(16-10-23)43(38,39)35-24-6-4-5-22(19-24)30(31,32)33/h4-19,35H,3,20H2,1-2H3,(H,34,37). The number of hydrogen-bond acceptors (Lipinski definition) is 6. The number of ether oxygens (including phenoxy) is 1. The summed E-state index contributed by atoms with van der Waals surface area (Å²) in [4.78, 5) is 12.7. The summed E-state index contributed by atoms with van der Waals surface area (Å²) < 4.78 is 100. The molecule has 0 aliphatic heterocycles.